The monoisotopic (exact) mass is 377 g/mol. The molecule has 2 aromatic rings. The fourth-order valence-electron chi connectivity index (χ4n) is 2.46. The highest BCUT2D eigenvalue weighted by Crippen LogP contribution is 2.27. The van der Waals surface area contributed by atoms with Gasteiger partial charge in [-0.25, -0.2) is 9.18 Å². The van der Waals surface area contributed by atoms with E-state index in [9.17, 15) is 14.0 Å². The van der Waals surface area contributed by atoms with Crippen molar-refractivity contribution >= 4 is 29.2 Å². The molecule has 0 saturated carbocycles. The maximum absolute atomic E-state index is 13.8. The van der Waals surface area contributed by atoms with Crippen molar-refractivity contribution in [1.29, 1.82) is 0 Å². The molecule has 2 rings (SSSR count). The van der Waals surface area contributed by atoms with E-state index in [0.29, 0.717) is 5.69 Å². The lowest BCUT2D eigenvalue weighted by Crippen LogP contribution is -2.30. The molecule has 0 bridgehead atoms. The molecule has 0 radical (unpaired) electrons. The molecule has 0 fully saturated rings. The van der Waals surface area contributed by atoms with Gasteiger partial charge < -0.3 is 10.1 Å². The van der Waals surface area contributed by atoms with Crippen LogP contribution in [0, 0.1) is 5.82 Å². The zero-order valence-corrected chi connectivity index (χ0v) is 15.6. The molecule has 6 heteroatoms. The first-order valence-electron chi connectivity index (χ1n) is 8.39. The van der Waals surface area contributed by atoms with Crippen LogP contribution in [0.5, 0.6) is 0 Å². The number of amides is 1. The van der Waals surface area contributed by atoms with E-state index in [4.69, 9.17) is 16.3 Å². The lowest BCUT2D eigenvalue weighted by atomic mass is 9.97. The molecule has 0 spiro atoms. The van der Waals surface area contributed by atoms with Gasteiger partial charge in [0.1, 0.15) is 11.4 Å². The van der Waals surface area contributed by atoms with Crippen molar-refractivity contribution < 1.29 is 18.7 Å². The average molecular weight is 378 g/mol. The number of ether oxygens (including phenoxy) is 1. The number of carbonyl (C=O) groups is 2. The first kappa shape index (κ1) is 19.9. The summed E-state index contributed by atoms with van der Waals surface area (Å²) in [5, 5.41) is 2.70. The van der Waals surface area contributed by atoms with Crippen LogP contribution in [-0.4, -0.2) is 18.0 Å². The third-order valence-electron chi connectivity index (χ3n) is 4.18. The Labute approximate surface area is 157 Å². The van der Waals surface area contributed by atoms with Crippen LogP contribution in [0.2, 0.25) is 5.02 Å². The van der Waals surface area contributed by atoms with Gasteiger partial charge in [0.05, 0.1) is 5.02 Å². The molecule has 1 N–H and O–H groups in total. The van der Waals surface area contributed by atoms with Crippen molar-refractivity contribution in [2.45, 2.75) is 39.2 Å². The molecule has 2 atom stereocenters. The van der Waals surface area contributed by atoms with Crippen LogP contribution in [0.3, 0.4) is 0 Å². The summed E-state index contributed by atoms with van der Waals surface area (Å²) >= 11 is 5.85. The number of carbonyl (C=O) groups excluding carboxylic acids is 2. The Hall–Kier alpha value is -2.40. The van der Waals surface area contributed by atoms with Crippen LogP contribution < -0.4 is 5.32 Å². The Bertz CT molecular complexity index is 789. The van der Waals surface area contributed by atoms with Gasteiger partial charge in [0, 0.05) is 5.69 Å². The van der Waals surface area contributed by atoms with Gasteiger partial charge >= 0.3 is 5.97 Å². The highest BCUT2D eigenvalue weighted by atomic mass is 35.5. The number of esters is 1. The second kappa shape index (κ2) is 8.81. The van der Waals surface area contributed by atoms with E-state index in [2.05, 4.69) is 19.2 Å². The molecular formula is C20H21ClFNO3. The maximum atomic E-state index is 13.8. The van der Waals surface area contributed by atoms with Crippen molar-refractivity contribution in [3.63, 3.8) is 0 Å². The molecule has 0 aromatic heterocycles. The van der Waals surface area contributed by atoms with E-state index >= 15 is 0 Å². The average Bonchev–Trinajstić information content (AvgIpc) is 2.61. The third kappa shape index (κ3) is 4.61. The van der Waals surface area contributed by atoms with Crippen LogP contribution in [0.15, 0.2) is 42.5 Å². The molecule has 0 saturated heterocycles. The summed E-state index contributed by atoms with van der Waals surface area (Å²) < 4.78 is 18.9. The van der Waals surface area contributed by atoms with Gasteiger partial charge in [0.15, 0.2) is 6.10 Å². The van der Waals surface area contributed by atoms with Gasteiger partial charge in [-0.3, -0.25) is 4.79 Å². The van der Waals surface area contributed by atoms with Crippen LogP contribution in [0.25, 0.3) is 0 Å². The van der Waals surface area contributed by atoms with E-state index in [-0.39, 0.29) is 16.5 Å². The second-order valence-electron chi connectivity index (χ2n) is 6.03. The standard InChI is InChI=1S/C20H21ClFNO3/c1-4-12(2)14-8-5-6-11-17(14)23-19(24)13(3)26-20(25)18-15(21)9-7-10-16(18)22/h5-13H,4H2,1-3H3,(H,23,24)/t12-,13-/m1/s1. The van der Waals surface area contributed by atoms with Gasteiger partial charge in [0.25, 0.3) is 5.91 Å². The van der Waals surface area contributed by atoms with Gasteiger partial charge in [-0.15, -0.1) is 0 Å². The maximum Gasteiger partial charge on any atom is 0.343 e. The molecule has 2 aromatic carbocycles. The van der Waals surface area contributed by atoms with Crippen molar-refractivity contribution in [1.82, 2.24) is 0 Å². The molecule has 0 aliphatic carbocycles. The Morgan fingerprint density at radius 2 is 1.85 bits per heavy atom. The van der Waals surface area contributed by atoms with Gasteiger partial charge in [0.2, 0.25) is 0 Å². The zero-order chi connectivity index (χ0) is 19.3. The largest absolute Gasteiger partial charge is 0.449 e. The first-order valence-corrected chi connectivity index (χ1v) is 8.77. The lowest BCUT2D eigenvalue weighted by molar-refractivity contribution is -0.123. The normalized spacial score (nSPS) is 13.0. The summed E-state index contributed by atoms with van der Waals surface area (Å²) in [7, 11) is 0. The number of nitrogens with one attached hydrogen (secondary N) is 1. The minimum absolute atomic E-state index is 0.0651. The van der Waals surface area contributed by atoms with Gasteiger partial charge in [-0.05, 0) is 43.0 Å². The summed E-state index contributed by atoms with van der Waals surface area (Å²) in [6.45, 7) is 5.55. The Morgan fingerprint density at radius 3 is 2.50 bits per heavy atom. The predicted octanol–water partition coefficient (Wildman–Crippen LogP) is 5.18. The molecule has 138 valence electrons. The third-order valence-corrected chi connectivity index (χ3v) is 4.50. The zero-order valence-electron chi connectivity index (χ0n) is 14.9. The smallest absolute Gasteiger partial charge is 0.343 e. The Kier molecular flexibility index (Phi) is 6.75. The lowest BCUT2D eigenvalue weighted by Gasteiger charge is -2.18. The number of halogens is 2. The van der Waals surface area contributed by atoms with Gasteiger partial charge in [-0.2, -0.15) is 0 Å². The van der Waals surface area contributed by atoms with Crippen LogP contribution in [-0.2, 0) is 9.53 Å². The molecule has 1 amide bonds. The van der Waals surface area contributed by atoms with E-state index in [1.807, 2.05) is 18.2 Å². The van der Waals surface area contributed by atoms with E-state index < -0.39 is 23.8 Å². The molecule has 0 heterocycles. The quantitative estimate of drug-likeness (QED) is 0.706. The molecule has 0 aliphatic heterocycles. The summed E-state index contributed by atoms with van der Waals surface area (Å²) in [4.78, 5) is 24.5. The number of anilines is 1. The predicted molar refractivity (Wildman–Crippen MR) is 100 cm³/mol. The number of hydrogen-bond donors (Lipinski definition) is 1. The fraction of sp³-hybridized carbons (Fsp3) is 0.300. The van der Waals surface area contributed by atoms with Crippen molar-refractivity contribution in [2.24, 2.45) is 0 Å². The van der Waals surface area contributed by atoms with E-state index in [0.717, 1.165) is 18.1 Å². The summed E-state index contributed by atoms with van der Waals surface area (Å²) in [6.07, 6.45) is -0.188. The van der Waals surface area contributed by atoms with Crippen molar-refractivity contribution in [3.05, 3.63) is 64.4 Å². The topological polar surface area (TPSA) is 55.4 Å². The number of para-hydroxylation sites is 1. The van der Waals surface area contributed by atoms with E-state index in [1.54, 1.807) is 6.07 Å². The molecule has 0 aliphatic rings. The fourth-order valence-corrected chi connectivity index (χ4v) is 2.70. The van der Waals surface area contributed by atoms with Crippen LogP contribution in [0.4, 0.5) is 10.1 Å². The Morgan fingerprint density at radius 1 is 1.15 bits per heavy atom. The van der Waals surface area contributed by atoms with Crippen LogP contribution in [0.1, 0.15) is 49.0 Å². The summed E-state index contributed by atoms with van der Waals surface area (Å²) in [5.41, 5.74) is 1.28. The highest BCUT2D eigenvalue weighted by Gasteiger charge is 2.24. The molecule has 4 nitrogen and oxygen atoms in total. The minimum atomic E-state index is -1.11. The van der Waals surface area contributed by atoms with Crippen LogP contribution >= 0.6 is 11.6 Å². The summed E-state index contributed by atoms with van der Waals surface area (Å²) in [5.74, 6) is -2.01. The number of rotatable bonds is 6. The molecule has 0 unspecified atom stereocenters. The Balaban J connectivity index is 2.10. The molecule has 26 heavy (non-hydrogen) atoms. The first-order chi connectivity index (χ1) is 12.3. The van der Waals surface area contributed by atoms with Crippen molar-refractivity contribution in [3.8, 4) is 0 Å². The van der Waals surface area contributed by atoms with Gasteiger partial charge in [-0.1, -0.05) is 49.7 Å². The highest BCUT2D eigenvalue weighted by molar-refractivity contribution is 6.33. The molecular weight excluding hydrogens is 357 g/mol. The minimum Gasteiger partial charge on any atom is -0.449 e. The number of benzene rings is 2. The van der Waals surface area contributed by atoms with Crippen molar-refractivity contribution in [2.75, 3.05) is 5.32 Å². The number of hydrogen-bond acceptors (Lipinski definition) is 3. The second-order valence-corrected chi connectivity index (χ2v) is 6.44. The van der Waals surface area contributed by atoms with E-state index in [1.165, 1.54) is 19.1 Å². The SMILES string of the molecule is CC[C@@H](C)c1ccccc1NC(=O)[C@@H](C)OC(=O)c1c(F)cccc1Cl. The summed E-state index contributed by atoms with van der Waals surface area (Å²) in [6, 6.07) is 11.3.